The second-order valence-corrected chi connectivity index (χ2v) is 6.07. The minimum atomic E-state index is 0.479. The fraction of sp³-hybridized carbons (Fsp3) is 0.368. The van der Waals surface area contributed by atoms with Crippen molar-refractivity contribution in [2.24, 2.45) is 0 Å². The summed E-state index contributed by atoms with van der Waals surface area (Å²) in [6.45, 7) is 9.08. The van der Waals surface area contributed by atoms with Gasteiger partial charge in [0.1, 0.15) is 0 Å². The van der Waals surface area contributed by atoms with Gasteiger partial charge >= 0.3 is 0 Å². The lowest BCUT2D eigenvalue weighted by Gasteiger charge is -2.12. The van der Waals surface area contributed by atoms with Crippen LogP contribution in [-0.2, 0) is 0 Å². The lowest BCUT2D eigenvalue weighted by molar-refractivity contribution is 0.642. The molecule has 0 amide bonds. The summed E-state index contributed by atoms with van der Waals surface area (Å²) in [6.07, 6.45) is 1.19. The van der Waals surface area contributed by atoms with Crippen molar-refractivity contribution in [1.29, 1.82) is 0 Å². The van der Waals surface area contributed by atoms with E-state index in [1.807, 2.05) is 0 Å². The molecule has 0 N–H and O–H groups in total. The minimum absolute atomic E-state index is 0.479. The van der Waals surface area contributed by atoms with Crippen LogP contribution in [0.5, 0.6) is 0 Å². The Morgan fingerprint density at radius 2 is 1.60 bits per heavy atom. The molecule has 104 valence electrons. The average Bonchev–Trinajstić information content (AvgIpc) is 2.80. The maximum Gasteiger partial charge on any atom is 0.0493 e. The Hall–Kier alpha value is -1.76. The lowest BCUT2D eigenvalue weighted by Crippen LogP contribution is -1.99. The number of hydrogen-bond donors (Lipinski definition) is 0. The molecule has 0 aliphatic heterocycles. The molecule has 0 bridgehead atoms. The molecule has 2 aromatic carbocycles. The zero-order valence-electron chi connectivity index (χ0n) is 12.9. The van der Waals surface area contributed by atoms with E-state index in [4.69, 9.17) is 0 Å². The third-order valence-corrected chi connectivity index (χ3v) is 4.43. The van der Waals surface area contributed by atoms with E-state index in [9.17, 15) is 0 Å². The first-order valence-corrected chi connectivity index (χ1v) is 7.66. The summed E-state index contributed by atoms with van der Waals surface area (Å²) in [5, 5.41) is 2.77. The Balaban J connectivity index is 2.38. The van der Waals surface area contributed by atoms with Crippen LogP contribution in [0.1, 0.15) is 51.6 Å². The van der Waals surface area contributed by atoms with Gasteiger partial charge in [-0.05, 0) is 49.9 Å². The molecular formula is C19H23N. The number of rotatable bonds is 3. The minimum Gasteiger partial charge on any atom is -0.338 e. The van der Waals surface area contributed by atoms with Gasteiger partial charge in [-0.3, -0.25) is 0 Å². The molecule has 3 aromatic rings. The van der Waals surface area contributed by atoms with Crippen LogP contribution in [0.4, 0.5) is 0 Å². The van der Waals surface area contributed by atoms with E-state index in [1.165, 1.54) is 33.8 Å². The molecule has 0 radical (unpaired) electrons. The normalized spacial score (nSPS) is 13.4. The number of aromatic nitrogens is 1. The maximum absolute atomic E-state index is 2.45. The second-order valence-electron chi connectivity index (χ2n) is 6.07. The number of para-hydroxylation sites is 1. The highest BCUT2D eigenvalue weighted by atomic mass is 15.0. The van der Waals surface area contributed by atoms with Crippen molar-refractivity contribution < 1.29 is 0 Å². The molecule has 1 heterocycles. The van der Waals surface area contributed by atoms with Gasteiger partial charge in [0.15, 0.2) is 0 Å². The van der Waals surface area contributed by atoms with Crippen LogP contribution in [0.25, 0.3) is 21.8 Å². The third-order valence-electron chi connectivity index (χ3n) is 4.43. The van der Waals surface area contributed by atoms with E-state index in [1.54, 1.807) is 0 Å². The molecule has 1 heteroatoms. The van der Waals surface area contributed by atoms with Crippen molar-refractivity contribution in [3.8, 4) is 0 Å². The molecule has 1 aromatic heterocycles. The summed E-state index contributed by atoms with van der Waals surface area (Å²) >= 11 is 0. The van der Waals surface area contributed by atoms with Crippen LogP contribution in [-0.4, -0.2) is 4.57 Å². The standard InChI is InChI=1S/C19H23N/c1-5-14(4)15-10-11-19-17(12-15)16-8-6-7-9-18(16)20(19)13(2)3/h6-14H,5H2,1-4H3. The molecule has 1 unspecified atom stereocenters. The summed E-state index contributed by atoms with van der Waals surface area (Å²) in [7, 11) is 0. The lowest BCUT2D eigenvalue weighted by atomic mass is 9.97. The van der Waals surface area contributed by atoms with E-state index >= 15 is 0 Å². The molecule has 0 saturated heterocycles. The number of benzene rings is 2. The summed E-state index contributed by atoms with van der Waals surface area (Å²) in [5.41, 5.74) is 4.15. The molecule has 0 aliphatic rings. The van der Waals surface area contributed by atoms with Crippen molar-refractivity contribution in [3.05, 3.63) is 48.0 Å². The van der Waals surface area contributed by atoms with Crippen LogP contribution in [0.3, 0.4) is 0 Å². The van der Waals surface area contributed by atoms with E-state index < -0.39 is 0 Å². The zero-order chi connectivity index (χ0) is 14.3. The highest BCUT2D eigenvalue weighted by molar-refractivity contribution is 6.08. The maximum atomic E-state index is 2.45. The van der Waals surface area contributed by atoms with Gasteiger partial charge in [-0.25, -0.2) is 0 Å². The van der Waals surface area contributed by atoms with Gasteiger partial charge in [-0.2, -0.15) is 0 Å². The zero-order valence-corrected chi connectivity index (χ0v) is 12.9. The first-order valence-electron chi connectivity index (χ1n) is 7.66. The Labute approximate surface area is 121 Å². The Morgan fingerprint density at radius 1 is 0.900 bits per heavy atom. The number of fused-ring (bicyclic) bond motifs is 3. The van der Waals surface area contributed by atoms with Crippen LogP contribution < -0.4 is 0 Å². The third kappa shape index (κ3) is 1.93. The van der Waals surface area contributed by atoms with E-state index in [0.717, 1.165) is 0 Å². The van der Waals surface area contributed by atoms with Gasteiger partial charge < -0.3 is 4.57 Å². The Morgan fingerprint density at radius 3 is 2.30 bits per heavy atom. The second kappa shape index (κ2) is 4.97. The molecule has 1 nitrogen and oxygen atoms in total. The molecule has 1 atom stereocenters. The summed E-state index contributed by atoms with van der Waals surface area (Å²) in [6, 6.07) is 16.2. The number of hydrogen-bond acceptors (Lipinski definition) is 0. The summed E-state index contributed by atoms with van der Waals surface area (Å²) in [5.74, 6) is 0.626. The summed E-state index contributed by atoms with van der Waals surface area (Å²) in [4.78, 5) is 0. The quantitative estimate of drug-likeness (QED) is 0.556. The number of nitrogens with zero attached hydrogens (tertiary/aromatic N) is 1. The van der Waals surface area contributed by atoms with E-state index in [-0.39, 0.29) is 0 Å². The predicted molar refractivity (Wildman–Crippen MR) is 88.5 cm³/mol. The van der Waals surface area contributed by atoms with Crippen molar-refractivity contribution in [1.82, 2.24) is 4.57 Å². The monoisotopic (exact) mass is 265 g/mol. The molecule has 0 aliphatic carbocycles. The van der Waals surface area contributed by atoms with E-state index in [0.29, 0.717) is 12.0 Å². The smallest absolute Gasteiger partial charge is 0.0493 e. The van der Waals surface area contributed by atoms with Crippen LogP contribution in [0.2, 0.25) is 0 Å². The fourth-order valence-corrected chi connectivity index (χ4v) is 3.12. The van der Waals surface area contributed by atoms with Crippen LogP contribution in [0, 0.1) is 0 Å². The van der Waals surface area contributed by atoms with Gasteiger partial charge in [0.05, 0.1) is 0 Å². The molecular weight excluding hydrogens is 242 g/mol. The van der Waals surface area contributed by atoms with Crippen molar-refractivity contribution in [2.45, 2.75) is 46.1 Å². The van der Waals surface area contributed by atoms with Gasteiger partial charge in [0, 0.05) is 27.8 Å². The van der Waals surface area contributed by atoms with Gasteiger partial charge in [-0.15, -0.1) is 0 Å². The highest BCUT2D eigenvalue weighted by Gasteiger charge is 2.13. The molecule has 3 rings (SSSR count). The van der Waals surface area contributed by atoms with E-state index in [2.05, 4.69) is 74.7 Å². The van der Waals surface area contributed by atoms with Gasteiger partial charge in [-0.1, -0.05) is 38.1 Å². The fourth-order valence-electron chi connectivity index (χ4n) is 3.12. The Kier molecular flexibility index (Phi) is 3.29. The molecule has 20 heavy (non-hydrogen) atoms. The van der Waals surface area contributed by atoms with Crippen molar-refractivity contribution >= 4 is 21.8 Å². The highest BCUT2D eigenvalue weighted by Crippen LogP contribution is 2.34. The Bertz CT molecular complexity index is 749. The molecule has 0 saturated carbocycles. The van der Waals surface area contributed by atoms with Gasteiger partial charge in [0.2, 0.25) is 0 Å². The largest absolute Gasteiger partial charge is 0.338 e. The molecule has 0 fully saturated rings. The van der Waals surface area contributed by atoms with Crippen molar-refractivity contribution in [3.63, 3.8) is 0 Å². The van der Waals surface area contributed by atoms with Crippen LogP contribution >= 0.6 is 0 Å². The first kappa shape index (κ1) is 13.2. The SMILES string of the molecule is CCC(C)c1ccc2c(c1)c1ccccc1n2C(C)C. The van der Waals surface area contributed by atoms with Gasteiger partial charge in [0.25, 0.3) is 0 Å². The topological polar surface area (TPSA) is 4.93 Å². The molecule has 0 spiro atoms. The predicted octanol–water partition coefficient (Wildman–Crippen LogP) is 5.89. The van der Waals surface area contributed by atoms with Crippen molar-refractivity contribution in [2.75, 3.05) is 0 Å². The average molecular weight is 265 g/mol. The first-order chi connectivity index (χ1) is 9.63. The summed E-state index contributed by atoms with van der Waals surface area (Å²) < 4.78 is 2.45. The van der Waals surface area contributed by atoms with Crippen LogP contribution in [0.15, 0.2) is 42.5 Å².